The van der Waals surface area contributed by atoms with Gasteiger partial charge in [-0.2, -0.15) is 4.98 Å². The summed E-state index contributed by atoms with van der Waals surface area (Å²) in [7, 11) is 0. The summed E-state index contributed by atoms with van der Waals surface area (Å²) in [4.78, 5) is 7.62. The molecule has 0 saturated heterocycles. The summed E-state index contributed by atoms with van der Waals surface area (Å²) in [5.41, 5.74) is 8.74. The van der Waals surface area contributed by atoms with Crippen LogP contribution in [0.1, 0.15) is 5.56 Å². The summed E-state index contributed by atoms with van der Waals surface area (Å²) in [6.07, 6.45) is 6.66. The topological polar surface area (TPSA) is 84.1 Å². The number of aliphatic hydroxyl groups is 1. The molecule has 0 atom stereocenters. The number of aliphatic hydroxyl groups excluding tert-OH is 1. The lowest BCUT2D eigenvalue weighted by molar-refractivity contribution is 0.311. The second-order valence-electron chi connectivity index (χ2n) is 3.87. The number of terminal acetylenes is 1. The highest BCUT2D eigenvalue weighted by molar-refractivity contribution is 5.80. The molecule has 5 heteroatoms. The molecule has 5 nitrogen and oxygen atoms in total. The Bertz CT molecular complexity index is 602. The van der Waals surface area contributed by atoms with Gasteiger partial charge in [0, 0.05) is 6.54 Å². The third kappa shape index (κ3) is 3.44. The Balaban J connectivity index is 0.000000180. The number of nitrogens with one attached hydrogen (secondary N) is 1. The second kappa shape index (κ2) is 5.85. The van der Waals surface area contributed by atoms with Crippen LogP contribution < -0.4 is 11.1 Å². The zero-order valence-electron chi connectivity index (χ0n) is 10.3. The van der Waals surface area contributed by atoms with Gasteiger partial charge in [-0.15, -0.1) is 6.42 Å². The number of benzene rings is 1. The lowest BCUT2D eigenvalue weighted by Crippen LogP contribution is -2.10. The third-order valence-electron chi connectivity index (χ3n) is 2.48. The normalized spacial score (nSPS) is 9.89. The van der Waals surface area contributed by atoms with Crippen LogP contribution >= 0.6 is 0 Å². The fourth-order valence-corrected chi connectivity index (χ4v) is 1.49. The fourth-order valence-electron chi connectivity index (χ4n) is 1.49. The molecule has 0 fully saturated rings. The smallest absolute Gasteiger partial charge is 0.222 e. The molecular formula is C14H14N4O. The van der Waals surface area contributed by atoms with Crippen LogP contribution in [-0.4, -0.2) is 28.2 Å². The van der Waals surface area contributed by atoms with Crippen LogP contribution in [0.15, 0.2) is 30.5 Å². The van der Waals surface area contributed by atoms with Crippen molar-refractivity contribution in [2.45, 2.75) is 0 Å². The molecule has 0 saturated carbocycles. The van der Waals surface area contributed by atoms with E-state index < -0.39 is 0 Å². The highest BCUT2D eigenvalue weighted by atomic mass is 16.3. The zero-order valence-corrected chi connectivity index (χ0v) is 10.3. The Hall–Kier alpha value is -2.58. The first-order chi connectivity index (χ1) is 9.24. The van der Waals surface area contributed by atoms with E-state index in [-0.39, 0.29) is 12.6 Å². The maximum atomic E-state index is 8.57. The van der Waals surface area contributed by atoms with Crippen LogP contribution in [0.2, 0.25) is 0 Å². The molecule has 0 radical (unpaired) electrons. The van der Waals surface area contributed by atoms with E-state index in [1.807, 2.05) is 0 Å². The number of hydrogen-bond acceptors (Lipinski definition) is 5. The summed E-state index contributed by atoms with van der Waals surface area (Å²) in [6, 6.07) is 8.48. The average molecular weight is 254 g/mol. The quantitative estimate of drug-likeness (QED) is 0.610. The van der Waals surface area contributed by atoms with Gasteiger partial charge in [0.1, 0.15) is 5.82 Å². The number of nitrogen functional groups attached to an aromatic ring is 1. The van der Waals surface area contributed by atoms with Gasteiger partial charge in [0.2, 0.25) is 5.95 Å². The number of nitrogens with zero attached hydrogens (tertiary/aromatic N) is 2. The van der Waals surface area contributed by atoms with E-state index in [2.05, 4.69) is 45.5 Å². The van der Waals surface area contributed by atoms with E-state index in [9.17, 15) is 0 Å². The molecule has 2 aliphatic carbocycles. The van der Waals surface area contributed by atoms with Crippen molar-refractivity contribution in [2.75, 3.05) is 24.2 Å². The molecule has 0 amide bonds. The monoisotopic (exact) mass is 254 g/mol. The van der Waals surface area contributed by atoms with Gasteiger partial charge in [0.15, 0.2) is 0 Å². The van der Waals surface area contributed by atoms with Gasteiger partial charge >= 0.3 is 0 Å². The molecule has 1 heterocycles. The summed E-state index contributed by atoms with van der Waals surface area (Å²) < 4.78 is 0. The van der Waals surface area contributed by atoms with Crippen molar-refractivity contribution in [3.8, 4) is 23.5 Å². The molecule has 1 aromatic rings. The number of anilines is 2. The summed E-state index contributed by atoms with van der Waals surface area (Å²) >= 11 is 0. The SMILES string of the molecule is C#Cc1cnc(N)nc1NCCO.c1cc2cc-2c1. The van der Waals surface area contributed by atoms with E-state index >= 15 is 0 Å². The number of fused-ring (bicyclic) bond motifs is 1. The van der Waals surface area contributed by atoms with Gasteiger partial charge in [0.25, 0.3) is 0 Å². The molecule has 0 unspecified atom stereocenters. The molecule has 96 valence electrons. The van der Waals surface area contributed by atoms with E-state index in [0.717, 1.165) is 0 Å². The predicted molar refractivity (Wildman–Crippen MR) is 75.4 cm³/mol. The lowest BCUT2D eigenvalue weighted by Gasteiger charge is -2.05. The summed E-state index contributed by atoms with van der Waals surface area (Å²) in [5, 5.41) is 11.4. The molecule has 0 aliphatic heterocycles. The Morgan fingerprint density at radius 1 is 1.37 bits per heavy atom. The van der Waals surface area contributed by atoms with Gasteiger partial charge in [-0.1, -0.05) is 24.1 Å². The largest absolute Gasteiger partial charge is 0.395 e. The Labute approximate surface area is 111 Å². The molecule has 3 rings (SSSR count). The maximum Gasteiger partial charge on any atom is 0.222 e. The molecule has 0 bridgehead atoms. The number of rotatable bonds is 3. The van der Waals surface area contributed by atoms with E-state index in [1.54, 1.807) is 0 Å². The van der Waals surface area contributed by atoms with Crippen LogP contribution in [0.3, 0.4) is 0 Å². The van der Waals surface area contributed by atoms with Crippen molar-refractivity contribution in [3.63, 3.8) is 0 Å². The molecule has 1 aromatic heterocycles. The molecule has 2 aliphatic rings. The highest BCUT2D eigenvalue weighted by Gasteiger charge is 2.07. The maximum absolute atomic E-state index is 8.57. The van der Waals surface area contributed by atoms with Gasteiger partial charge in [0.05, 0.1) is 18.4 Å². The minimum absolute atomic E-state index is 0.00786. The van der Waals surface area contributed by atoms with Gasteiger partial charge in [-0.05, 0) is 17.2 Å². The van der Waals surface area contributed by atoms with Crippen molar-refractivity contribution < 1.29 is 5.11 Å². The first-order valence-corrected chi connectivity index (χ1v) is 5.79. The Morgan fingerprint density at radius 3 is 2.58 bits per heavy atom. The zero-order chi connectivity index (χ0) is 13.7. The first kappa shape index (κ1) is 12.9. The Kier molecular flexibility index (Phi) is 3.96. The first-order valence-electron chi connectivity index (χ1n) is 5.79. The highest BCUT2D eigenvalue weighted by Crippen LogP contribution is 2.32. The molecule has 19 heavy (non-hydrogen) atoms. The molecule has 0 spiro atoms. The minimum atomic E-state index is 0.00786. The van der Waals surface area contributed by atoms with Crippen molar-refractivity contribution in [2.24, 2.45) is 0 Å². The third-order valence-corrected chi connectivity index (χ3v) is 2.48. The van der Waals surface area contributed by atoms with Crippen LogP contribution in [-0.2, 0) is 0 Å². The lowest BCUT2D eigenvalue weighted by atomic mass is 10.3. The van der Waals surface area contributed by atoms with Crippen molar-refractivity contribution in [1.29, 1.82) is 0 Å². The number of nitrogens with two attached hydrogens (primary N) is 1. The van der Waals surface area contributed by atoms with Gasteiger partial charge < -0.3 is 16.2 Å². The molecule has 4 N–H and O–H groups in total. The van der Waals surface area contributed by atoms with Crippen LogP contribution in [0.25, 0.3) is 11.1 Å². The summed E-state index contributed by atoms with van der Waals surface area (Å²) in [5.74, 6) is 3.04. The van der Waals surface area contributed by atoms with Crippen LogP contribution in [0, 0.1) is 12.3 Å². The fraction of sp³-hybridized carbons (Fsp3) is 0.143. The number of aromatic nitrogens is 2. The second-order valence-corrected chi connectivity index (χ2v) is 3.87. The van der Waals surface area contributed by atoms with Crippen molar-refractivity contribution in [1.82, 2.24) is 9.97 Å². The van der Waals surface area contributed by atoms with Crippen molar-refractivity contribution in [3.05, 3.63) is 36.0 Å². The van der Waals surface area contributed by atoms with Crippen LogP contribution in [0.4, 0.5) is 11.8 Å². The molecule has 0 aromatic carbocycles. The number of hydrogen-bond donors (Lipinski definition) is 3. The Morgan fingerprint density at radius 2 is 2.11 bits per heavy atom. The van der Waals surface area contributed by atoms with E-state index in [0.29, 0.717) is 17.9 Å². The van der Waals surface area contributed by atoms with E-state index in [1.165, 1.54) is 17.3 Å². The van der Waals surface area contributed by atoms with Gasteiger partial charge in [-0.25, -0.2) is 4.98 Å². The predicted octanol–water partition coefficient (Wildman–Crippen LogP) is 1.11. The molecular weight excluding hydrogens is 240 g/mol. The average Bonchev–Trinajstić information content (AvgIpc) is 3.03. The standard InChI is InChI=1S/C8H10N4O.C6H4/c1-2-6-5-11-8(9)12-7(6)10-3-4-13;1-2-5-4-6(5)3-1/h1,5,13H,3-4H2,(H3,9,10,11,12);1-4H. The minimum Gasteiger partial charge on any atom is -0.395 e. The summed E-state index contributed by atoms with van der Waals surface area (Å²) in [6.45, 7) is 0.388. The van der Waals surface area contributed by atoms with Crippen molar-refractivity contribution >= 4 is 11.8 Å². The van der Waals surface area contributed by atoms with Crippen LogP contribution in [0.5, 0.6) is 0 Å². The van der Waals surface area contributed by atoms with E-state index in [4.69, 9.17) is 17.3 Å². The van der Waals surface area contributed by atoms with Gasteiger partial charge in [-0.3, -0.25) is 0 Å².